The van der Waals surface area contributed by atoms with Crippen molar-refractivity contribution < 1.29 is 4.42 Å². The smallest absolute Gasteiger partial charge is 0.164 e. The molecule has 0 aliphatic rings. The van der Waals surface area contributed by atoms with Crippen LogP contribution in [-0.2, 0) is 0 Å². The molecule has 4 nitrogen and oxygen atoms in total. The standard InChI is InChI=1S/C57H35N3OS/c1-3-11-36(12-4-1)37-21-23-38(24-22-37)42-15-9-16-43(33-42)44-30-32-52-49(34-44)54-48(18-10-20-53(54)62-52)57-59-55(40-13-5-2-6-14-40)58-56(60-57)41-27-25-39(26-28-41)45-29-31-47-46-17-7-8-19-50(46)61-51(47)35-45/h1-35H. The van der Waals surface area contributed by atoms with Gasteiger partial charge in [0.1, 0.15) is 11.2 Å². The lowest BCUT2D eigenvalue weighted by Crippen LogP contribution is -2.00. The molecule has 290 valence electrons. The van der Waals surface area contributed by atoms with Crippen molar-refractivity contribution in [2.45, 2.75) is 0 Å². The molecule has 62 heavy (non-hydrogen) atoms. The molecule has 9 aromatic carbocycles. The molecular weight excluding hydrogens is 775 g/mol. The van der Waals surface area contributed by atoms with E-state index in [0.29, 0.717) is 17.5 Å². The van der Waals surface area contributed by atoms with Crippen LogP contribution in [0.5, 0.6) is 0 Å². The second-order valence-corrected chi connectivity index (χ2v) is 16.7. The lowest BCUT2D eigenvalue weighted by atomic mass is 9.96. The summed E-state index contributed by atoms with van der Waals surface area (Å²) in [6, 6.07) is 74.7. The first-order valence-electron chi connectivity index (χ1n) is 20.7. The Bertz CT molecular complexity index is 3610. The Morgan fingerprint density at radius 3 is 1.52 bits per heavy atom. The van der Waals surface area contributed by atoms with Gasteiger partial charge in [-0.25, -0.2) is 15.0 Å². The van der Waals surface area contributed by atoms with E-state index in [4.69, 9.17) is 19.4 Å². The fourth-order valence-corrected chi connectivity index (χ4v) is 9.73. The maximum atomic E-state index is 6.21. The molecule has 0 saturated heterocycles. The van der Waals surface area contributed by atoms with Crippen molar-refractivity contribution in [2.24, 2.45) is 0 Å². The summed E-state index contributed by atoms with van der Waals surface area (Å²) in [5.41, 5.74) is 13.9. The van der Waals surface area contributed by atoms with Gasteiger partial charge in [0.25, 0.3) is 0 Å². The molecule has 0 atom stereocenters. The highest BCUT2D eigenvalue weighted by Crippen LogP contribution is 2.42. The van der Waals surface area contributed by atoms with Gasteiger partial charge in [0.2, 0.25) is 0 Å². The summed E-state index contributed by atoms with van der Waals surface area (Å²) in [4.78, 5) is 15.5. The normalized spacial score (nSPS) is 11.5. The van der Waals surface area contributed by atoms with E-state index in [2.05, 4.69) is 176 Å². The van der Waals surface area contributed by atoms with Crippen LogP contribution in [0.15, 0.2) is 217 Å². The Kier molecular flexibility index (Phi) is 8.65. The van der Waals surface area contributed by atoms with Gasteiger partial charge in [0.15, 0.2) is 17.5 Å². The fraction of sp³-hybridized carbons (Fsp3) is 0. The first-order valence-corrected chi connectivity index (χ1v) is 21.6. The maximum Gasteiger partial charge on any atom is 0.164 e. The predicted molar refractivity (Wildman–Crippen MR) is 258 cm³/mol. The number of rotatable bonds is 7. The van der Waals surface area contributed by atoms with Crippen molar-refractivity contribution in [2.75, 3.05) is 0 Å². The van der Waals surface area contributed by atoms with E-state index in [1.54, 1.807) is 11.3 Å². The zero-order valence-electron chi connectivity index (χ0n) is 33.4. The SMILES string of the molecule is c1ccc(-c2ccc(-c3cccc(-c4ccc5sc6cccc(-c7nc(-c8ccccc8)nc(-c8ccc(-c9ccc%10c(c9)oc9ccccc9%10)cc8)n7)c6c5c4)c3)cc2)cc1. The molecule has 0 spiro atoms. The Morgan fingerprint density at radius 2 is 0.774 bits per heavy atom. The second kappa shape index (κ2) is 14.9. The number of benzene rings is 9. The van der Waals surface area contributed by atoms with Crippen molar-refractivity contribution in [3.8, 4) is 78.7 Å². The molecule has 0 amide bonds. The van der Waals surface area contributed by atoms with Crippen LogP contribution in [0.4, 0.5) is 0 Å². The zero-order valence-corrected chi connectivity index (χ0v) is 34.2. The summed E-state index contributed by atoms with van der Waals surface area (Å²) >= 11 is 1.80. The number of furan rings is 1. The number of hydrogen-bond donors (Lipinski definition) is 0. The number of nitrogens with zero attached hydrogens (tertiary/aromatic N) is 3. The molecule has 3 heterocycles. The molecule has 0 saturated carbocycles. The van der Waals surface area contributed by atoms with Gasteiger partial charge in [0.05, 0.1) is 0 Å². The number of aromatic nitrogens is 3. The van der Waals surface area contributed by atoms with Crippen molar-refractivity contribution >= 4 is 53.4 Å². The molecule has 0 bridgehead atoms. The average Bonchev–Trinajstić information content (AvgIpc) is 3.92. The van der Waals surface area contributed by atoms with Gasteiger partial charge < -0.3 is 4.42 Å². The van der Waals surface area contributed by atoms with Crippen LogP contribution in [0.3, 0.4) is 0 Å². The van der Waals surface area contributed by atoms with Crippen LogP contribution >= 0.6 is 11.3 Å². The average molecular weight is 810 g/mol. The topological polar surface area (TPSA) is 51.8 Å². The van der Waals surface area contributed by atoms with Gasteiger partial charge in [-0.3, -0.25) is 0 Å². The zero-order chi connectivity index (χ0) is 41.0. The first kappa shape index (κ1) is 35.9. The largest absolute Gasteiger partial charge is 0.456 e. The molecule has 0 N–H and O–H groups in total. The first-order chi connectivity index (χ1) is 30.7. The van der Waals surface area contributed by atoms with Crippen molar-refractivity contribution in [3.05, 3.63) is 212 Å². The highest BCUT2D eigenvalue weighted by atomic mass is 32.1. The van der Waals surface area contributed by atoms with Crippen LogP contribution in [0.2, 0.25) is 0 Å². The number of fused-ring (bicyclic) bond motifs is 6. The Hall–Kier alpha value is -7.99. The molecule has 5 heteroatoms. The highest BCUT2D eigenvalue weighted by Gasteiger charge is 2.18. The number of thiophene rings is 1. The molecule has 0 fully saturated rings. The Labute approximate surface area is 362 Å². The summed E-state index contributed by atoms with van der Waals surface area (Å²) in [6.07, 6.45) is 0. The lowest BCUT2D eigenvalue weighted by Gasteiger charge is -2.11. The summed E-state index contributed by atoms with van der Waals surface area (Å²) in [5, 5.41) is 4.58. The molecule has 12 rings (SSSR count). The van der Waals surface area contributed by atoms with Crippen LogP contribution < -0.4 is 0 Å². The third-order valence-corrected chi connectivity index (χ3v) is 12.9. The molecule has 0 radical (unpaired) electrons. The monoisotopic (exact) mass is 809 g/mol. The Morgan fingerprint density at radius 1 is 0.290 bits per heavy atom. The van der Waals surface area contributed by atoms with Gasteiger partial charge in [-0.2, -0.15) is 0 Å². The quantitative estimate of drug-likeness (QED) is 0.161. The van der Waals surface area contributed by atoms with Gasteiger partial charge in [0, 0.05) is 47.6 Å². The van der Waals surface area contributed by atoms with E-state index in [1.165, 1.54) is 42.6 Å². The van der Waals surface area contributed by atoms with Crippen molar-refractivity contribution in [1.82, 2.24) is 15.0 Å². The molecule has 0 aliphatic carbocycles. The summed E-state index contributed by atoms with van der Waals surface area (Å²) in [7, 11) is 0. The molecule has 3 aromatic heterocycles. The fourth-order valence-electron chi connectivity index (χ4n) is 8.62. The highest BCUT2D eigenvalue weighted by molar-refractivity contribution is 7.26. The minimum atomic E-state index is 0.624. The van der Waals surface area contributed by atoms with Gasteiger partial charge in [-0.1, -0.05) is 170 Å². The van der Waals surface area contributed by atoms with Gasteiger partial charge in [-0.05, 0) is 87.0 Å². The Balaban J connectivity index is 0.929. The summed E-state index contributed by atoms with van der Waals surface area (Å²) in [5.74, 6) is 1.90. The van der Waals surface area contributed by atoms with Crippen LogP contribution in [0.25, 0.3) is 121 Å². The molecule has 0 aliphatic heterocycles. The van der Waals surface area contributed by atoms with Crippen molar-refractivity contribution in [1.29, 1.82) is 0 Å². The van der Waals surface area contributed by atoms with Crippen LogP contribution in [0, 0.1) is 0 Å². The van der Waals surface area contributed by atoms with Gasteiger partial charge in [-0.15, -0.1) is 11.3 Å². The van der Waals surface area contributed by atoms with E-state index < -0.39 is 0 Å². The van der Waals surface area contributed by atoms with Crippen LogP contribution in [-0.4, -0.2) is 15.0 Å². The van der Waals surface area contributed by atoms with E-state index in [1.807, 2.05) is 36.4 Å². The van der Waals surface area contributed by atoms with E-state index in [-0.39, 0.29) is 0 Å². The third kappa shape index (κ3) is 6.44. The second-order valence-electron chi connectivity index (χ2n) is 15.6. The molecule has 0 unspecified atom stereocenters. The van der Waals surface area contributed by atoms with Gasteiger partial charge >= 0.3 is 0 Å². The minimum Gasteiger partial charge on any atom is -0.456 e. The number of para-hydroxylation sites is 1. The van der Waals surface area contributed by atoms with Crippen LogP contribution in [0.1, 0.15) is 0 Å². The maximum absolute atomic E-state index is 6.21. The van der Waals surface area contributed by atoms with E-state index in [9.17, 15) is 0 Å². The molecule has 12 aromatic rings. The molecular formula is C57H35N3OS. The predicted octanol–water partition coefficient (Wildman–Crippen LogP) is 15.8. The lowest BCUT2D eigenvalue weighted by molar-refractivity contribution is 0.669. The third-order valence-electron chi connectivity index (χ3n) is 11.8. The number of hydrogen-bond acceptors (Lipinski definition) is 5. The summed E-state index contributed by atoms with van der Waals surface area (Å²) < 4.78 is 8.62. The summed E-state index contributed by atoms with van der Waals surface area (Å²) in [6.45, 7) is 0. The van der Waals surface area contributed by atoms with E-state index >= 15 is 0 Å². The van der Waals surface area contributed by atoms with Crippen molar-refractivity contribution in [3.63, 3.8) is 0 Å². The van der Waals surface area contributed by atoms with E-state index in [0.717, 1.165) is 60.7 Å². The minimum absolute atomic E-state index is 0.624.